The van der Waals surface area contributed by atoms with Gasteiger partial charge in [0.05, 0.1) is 18.8 Å². The molecule has 0 aliphatic rings. The van der Waals surface area contributed by atoms with E-state index >= 15 is 0 Å². The summed E-state index contributed by atoms with van der Waals surface area (Å²) in [7, 11) is 0. The van der Waals surface area contributed by atoms with Crippen molar-refractivity contribution < 1.29 is 23.3 Å². The van der Waals surface area contributed by atoms with E-state index in [0.717, 1.165) is 18.3 Å². The lowest BCUT2D eigenvalue weighted by molar-refractivity contribution is -0.402. The van der Waals surface area contributed by atoms with Crippen LogP contribution in [0.25, 0.3) is 0 Å². The lowest BCUT2D eigenvalue weighted by Gasteiger charge is -2.04. The van der Waals surface area contributed by atoms with Crippen LogP contribution in [0, 0.1) is 15.9 Å². The van der Waals surface area contributed by atoms with Crippen LogP contribution >= 0.6 is 0 Å². The standard InChI is InChI=1S/C14H11FN4O5/c15-10-3-1-2-9(6-10)14(21)16-8-12(20)18-17-7-11-4-5-13(24-11)19(22)23/h1-7H,8H2,(H,16,21)(H,18,20). The summed E-state index contributed by atoms with van der Waals surface area (Å²) in [6.45, 7) is -0.384. The van der Waals surface area contributed by atoms with Gasteiger partial charge in [-0.05, 0) is 24.3 Å². The Kier molecular flexibility index (Phi) is 5.34. The van der Waals surface area contributed by atoms with Crippen LogP contribution < -0.4 is 10.7 Å². The molecule has 1 aromatic carbocycles. The first-order chi connectivity index (χ1) is 11.5. The third-order valence-corrected chi connectivity index (χ3v) is 2.67. The molecule has 10 heteroatoms. The zero-order valence-corrected chi connectivity index (χ0v) is 12.1. The molecule has 1 aromatic heterocycles. The number of carbonyl (C=O) groups is 2. The quantitative estimate of drug-likeness (QED) is 0.466. The number of hydrogen-bond donors (Lipinski definition) is 2. The van der Waals surface area contributed by atoms with Crippen molar-refractivity contribution in [3.8, 4) is 0 Å². The van der Waals surface area contributed by atoms with Gasteiger partial charge in [0.1, 0.15) is 10.7 Å². The summed E-state index contributed by atoms with van der Waals surface area (Å²) in [6.07, 6.45) is 1.07. The molecule has 124 valence electrons. The molecule has 0 unspecified atom stereocenters. The normalized spacial score (nSPS) is 10.5. The summed E-state index contributed by atoms with van der Waals surface area (Å²) in [5.74, 6) is -2.20. The molecule has 2 rings (SSSR count). The molecule has 0 aliphatic carbocycles. The number of carbonyl (C=O) groups excluding carboxylic acids is 2. The van der Waals surface area contributed by atoms with Gasteiger partial charge < -0.3 is 9.73 Å². The first kappa shape index (κ1) is 16.8. The molecule has 24 heavy (non-hydrogen) atoms. The average Bonchev–Trinajstić information content (AvgIpc) is 3.02. The number of halogens is 1. The third-order valence-electron chi connectivity index (χ3n) is 2.67. The van der Waals surface area contributed by atoms with E-state index in [-0.39, 0.29) is 17.9 Å². The minimum absolute atomic E-state index is 0.0748. The molecule has 0 spiro atoms. The van der Waals surface area contributed by atoms with E-state index in [1.165, 1.54) is 24.3 Å². The van der Waals surface area contributed by atoms with Crippen LogP contribution in [0.4, 0.5) is 10.3 Å². The van der Waals surface area contributed by atoms with Crippen molar-refractivity contribution in [1.82, 2.24) is 10.7 Å². The highest BCUT2D eigenvalue weighted by atomic mass is 19.1. The molecule has 1 heterocycles. The van der Waals surface area contributed by atoms with Crippen molar-refractivity contribution in [1.29, 1.82) is 0 Å². The van der Waals surface area contributed by atoms with Gasteiger partial charge in [0.15, 0.2) is 5.76 Å². The molecule has 9 nitrogen and oxygen atoms in total. The van der Waals surface area contributed by atoms with E-state index in [1.54, 1.807) is 0 Å². The number of benzene rings is 1. The summed E-state index contributed by atoms with van der Waals surface area (Å²) < 4.78 is 17.8. The maximum atomic E-state index is 13.0. The van der Waals surface area contributed by atoms with Crippen LogP contribution in [-0.2, 0) is 4.79 Å². The number of hydrazone groups is 1. The number of amides is 2. The Morgan fingerprint density at radius 2 is 2.12 bits per heavy atom. The first-order valence-corrected chi connectivity index (χ1v) is 6.55. The van der Waals surface area contributed by atoms with Gasteiger partial charge in [0.2, 0.25) is 0 Å². The summed E-state index contributed by atoms with van der Waals surface area (Å²) in [6, 6.07) is 7.45. The summed E-state index contributed by atoms with van der Waals surface area (Å²) in [4.78, 5) is 32.9. The lowest BCUT2D eigenvalue weighted by Crippen LogP contribution is -2.34. The van der Waals surface area contributed by atoms with Crippen LogP contribution in [-0.4, -0.2) is 29.5 Å². The highest BCUT2D eigenvalue weighted by Crippen LogP contribution is 2.13. The summed E-state index contributed by atoms with van der Waals surface area (Å²) in [5.41, 5.74) is 2.18. The number of nitro groups is 1. The van der Waals surface area contributed by atoms with Gasteiger partial charge in [0, 0.05) is 5.56 Å². The maximum absolute atomic E-state index is 13.0. The van der Waals surface area contributed by atoms with Crippen LogP contribution in [0.1, 0.15) is 16.1 Å². The van der Waals surface area contributed by atoms with Crippen LogP contribution in [0.15, 0.2) is 45.9 Å². The van der Waals surface area contributed by atoms with Crippen LogP contribution in [0.2, 0.25) is 0 Å². The summed E-state index contributed by atoms with van der Waals surface area (Å²) >= 11 is 0. The number of rotatable bonds is 6. The maximum Gasteiger partial charge on any atom is 0.433 e. The second kappa shape index (κ2) is 7.63. The van der Waals surface area contributed by atoms with E-state index in [1.807, 2.05) is 0 Å². The van der Waals surface area contributed by atoms with E-state index in [2.05, 4.69) is 15.8 Å². The molecular formula is C14H11FN4O5. The molecule has 0 atom stereocenters. The van der Waals surface area contributed by atoms with Crippen LogP contribution in [0.3, 0.4) is 0 Å². The van der Waals surface area contributed by atoms with E-state index in [4.69, 9.17) is 4.42 Å². The number of nitrogens with one attached hydrogen (secondary N) is 2. The SMILES string of the molecule is O=C(CNC(=O)c1cccc(F)c1)NN=Cc1ccc([N+](=O)[O-])o1. The van der Waals surface area contributed by atoms with Crippen LogP contribution in [0.5, 0.6) is 0 Å². The first-order valence-electron chi connectivity index (χ1n) is 6.55. The molecule has 0 radical (unpaired) electrons. The Morgan fingerprint density at radius 3 is 2.79 bits per heavy atom. The van der Waals surface area contributed by atoms with Crippen molar-refractivity contribution in [3.05, 3.63) is 63.7 Å². The highest BCUT2D eigenvalue weighted by Gasteiger charge is 2.11. The molecule has 0 fully saturated rings. The molecule has 2 amide bonds. The van der Waals surface area contributed by atoms with E-state index < -0.39 is 28.4 Å². The smallest absolute Gasteiger partial charge is 0.400 e. The van der Waals surface area contributed by atoms with Gasteiger partial charge in [-0.2, -0.15) is 5.10 Å². The monoisotopic (exact) mass is 334 g/mol. The number of nitrogens with zero attached hydrogens (tertiary/aromatic N) is 2. The van der Waals surface area contributed by atoms with Gasteiger partial charge in [-0.15, -0.1) is 0 Å². The number of hydrogen-bond acceptors (Lipinski definition) is 6. The van der Waals surface area contributed by atoms with Gasteiger partial charge in [-0.25, -0.2) is 9.82 Å². The Balaban J connectivity index is 1.79. The van der Waals surface area contributed by atoms with E-state index in [0.29, 0.717) is 0 Å². The van der Waals surface area contributed by atoms with Crippen molar-refractivity contribution >= 4 is 23.9 Å². The molecular weight excluding hydrogens is 323 g/mol. The Bertz CT molecular complexity index is 802. The molecule has 2 N–H and O–H groups in total. The van der Waals surface area contributed by atoms with Crippen molar-refractivity contribution in [2.45, 2.75) is 0 Å². The topological polar surface area (TPSA) is 127 Å². The minimum Gasteiger partial charge on any atom is -0.400 e. The fourth-order valence-electron chi connectivity index (χ4n) is 1.61. The second-order valence-corrected chi connectivity index (χ2v) is 4.42. The molecule has 0 saturated carbocycles. The Morgan fingerprint density at radius 1 is 1.33 bits per heavy atom. The van der Waals surface area contributed by atoms with Gasteiger partial charge in [-0.1, -0.05) is 6.07 Å². The van der Waals surface area contributed by atoms with Gasteiger partial charge in [-0.3, -0.25) is 19.7 Å². The second-order valence-electron chi connectivity index (χ2n) is 4.42. The van der Waals surface area contributed by atoms with Crippen molar-refractivity contribution in [2.75, 3.05) is 6.54 Å². The predicted molar refractivity (Wildman–Crippen MR) is 79.8 cm³/mol. The largest absolute Gasteiger partial charge is 0.433 e. The molecule has 0 bridgehead atoms. The minimum atomic E-state index is -0.710. The summed E-state index contributed by atoms with van der Waals surface area (Å²) in [5, 5.41) is 16.2. The fraction of sp³-hybridized carbons (Fsp3) is 0.0714. The van der Waals surface area contributed by atoms with Crippen molar-refractivity contribution in [3.63, 3.8) is 0 Å². The fourth-order valence-corrected chi connectivity index (χ4v) is 1.61. The predicted octanol–water partition coefficient (Wildman–Crippen LogP) is 1.21. The molecule has 0 aliphatic heterocycles. The zero-order chi connectivity index (χ0) is 17.5. The number of furan rings is 1. The Labute approximate surface area is 134 Å². The third kappa shape index (κ3) is 4.73. The molecule has 2 aromatic rings. The van der Waals surface area contributed by atoms with Crippen molar-refractivity contribution in [2.24, 2.45) is 5.10 Å². The lowest BCUT2D eigenvalue weighted by atomic mass is 10.2. The molecule has 0 saturated heterocycles. The van der Waals surface area contributed by atoms with E-state index in [9.17, 15) is 24.1 Å². The van der Waals surface area contributed by atoms with Gasteiger partial charge >= 0.3 is 5.88 Å². The average molecular weight is 334 g/mol. The Hall–Kier alpha value is -3.56. The highest BCUT2D eigenvalue weighted by molar-refractivity contribution is 5.96. The van der Waals surface area contributed by atoms with Gasteiger partial charge in [0.25, 0.3) is 11.8 Å². The zero-order valence-electron chi connectivity index (χ0n) is 12.1.